The average molecular weight is 253 g/mol. The number of nitrogens with two attached hydrogens (primary N) is 1. The van der Waals surface area contributed by atoms with E-state index in [0.29, 0.717) is 18.1 Å². The summed E-state index contributed by atoms with van der Waals surface area (Å²) >= 11 is 5.03. The van der Waals surface area contributed by atoms with Crippen LogP contribution < -0.4 is 11.1 Å². The Morgan fingerprint density at radius 3 is 2.94 bits per heavy atom. The minimum Gasteiger partial charge on any atom is -0.389 e. The second kappa shape index (κ2) is 6.51. The van der Waals surface area contributed by atoms with Gasteiger partial charge in [0.05, 0.1) is 11.7 Å². The van der Waals surface area contributed by atoms with Crippen LogP contribution in [0.3, 0.4) is 0 Å². The maximum atomic E-state index is 5.70. The number of pyridine rings is 1. The van der Waals surface area contributed by atoms with Crippen LogP contribution in [-0.2, 0) is 4.74 Å². The van der Waals surface area contributed by atoms with Gasteiger partial charge in [-0.05, 0) is 32.4 Å². The summed E-state index contributed by atoms with van der Waals surface area (Å²) in [5, 5.41) is 3.22. The molecule has 3 N–H and O–H groups in total. The lowest BCUT2D eigenvalue weighted by Gasteiger charge is -2.16. The zero-order valence-corrected chi connectivity index (χ0v) is 11.3. The molecule has 1 aromatic rings. The van der Waals surface area contributed by atoms with Crippen LogP contribution in [0.15, 0.2) is 12.3 Å². The first-order valence-corrected chi connectivity index (χ1v) is 6.08. The van der Waals surface area contributed by atoms with Gasteiger partial charge in [-0.15, -0.1) is 0 Å². The Kier molecular flexibility index (Phi) is 5.31. The van der Waals surface area contributed by atoms with E-state index in [1.807, 2.05) is 26.8 Å². The molecule has 0 amide bonds. The highest BCUT2D eigenvalue weighted by atomic mass is 32.1. The van der Waals surface area contributed by atoms with Gasteiger partial charge in [0, 0.05) is 19.3 Å². The van der Waals surface area contributed by atoms with Crippen molar-refractivity contribution in [3.8, 4) is 0 Å². The van der Waals surface area contributed by atoms with Crippen LogP contribution in [0.25, 0.3) is 0 Å². The number of anilines is 1. The van der Waals surface area contributed by atoms with Crippen molar-refractivity contribution in [1.82, 2.24) is 4.98 Å². The van der Waals surface area contributed by atoms with Gasteiger partial charge in [-0.3, -0.25) is 0 Å². The summed E-state index contributed by atoms with van der Waals surface area (Å²) in [6, 6.07) is 1.89. The summed E-state index contributed by atoms with van der Waals surface area (Å²) in [6.07, 6.45) is 1.87. The first kappa shape index (κ1) is 13.9. The van der Waals surface area contributed by atoms with E-state index in [1.165, 1.54) is 0 Å². The number of aromatic nitrogens is 1. The van der Waals surface area contributed by atoms with Crippen LogP contribution in [0.4, 0.5) is 5.82 Å². The van der Waals surface area contributed by atoms with Gasteiger partial charge >= 0.3 is 0 Å². The maximum absolute atomic E-state index is 5.70. The molecule has 1 atom stereocenters. The molecule has 0 aliphatic carbocycles. The van der Waals surface area contributed by atoms with Crippen molar-refractivity contribution >= 4 is 23.0 Å². The third kappa shape index (κ3) is 3.94. The Morgan fingerprint density at radius 1 is 1.65 bits per heavy atom. The minimum absolute atomic E-state index is 0.126. The zero-order chi connectivity index (χ0) is 12.8. The molecule has 0 bridgehead atoms. The summed E-state index contributed by atoms with van der Waals surface area (Å²) in [5.41, 5.74) is 7.54. The highest BCUT2D eigenvalue weighted by Crippen LogP contribution is 2.16. The topological polar surface area (TPSA) is 60.2 Å². The monoisotopic (exact) mass is 253 g/mol. The highest BCUT2D eigenvalue weighted by molar-refractivity contribution is 7.80. The van der Waals surface area contributed by atoms with Crippen molar-refractivity contribution in [3.05, 3.63) is 23.4 Å². The third-order valence-electron chi connectivity index (χ3n) is 2.41. The van der Waals surface area contributed by atoms with Crippen molar-refractivity contribution in [2.24, 2.45) is 5.73 Å². The first-order valence-electron chi connectivity index (χ1n) is 5.67. The van der Waals surface area contributed by atoms with Crippen LogP contribution in [0.5, 0.6) is 0 Å². The van der Waals surface area contributed by atoms with Crippen molar-refractivity contribution in [2.45, 2.75) is 26.9 Å². The molecule has 0 aromatic carbocycles. The lowest BCUT2D eigenvalue weighted by molar-refractivity contribution is 0.0855. The van der Waals surface area contributed by atoms with Gasteiger partial charge in [0.25, 0.3) is 0 Å². The van der Waals surface area contributed by atoms with E-state index in [1.54, 1.807) is 6.20 Å². The van der Waals surface area contributed by atoms with Gasteiger partial charge in [0.1, 0.15) is 10.8 Å². The fourth-order valence-corrected chi connectivity index (χ4v) is 1.84. The highest BCUT2D eigenvalue weighted by Gasteiger charge is 2.10. The van der Waals surface area contributed by atoms with Gasteiger partial charge in [0.15, 0.2) is 0 Å². The molecule has 17 heavy (non-hydrogen) atoms. The molecule has 5 heteroatoms. The molecule has 94 valence electrons. The number of thiocarbonyl (C=S) groups is 1. The normalized spacial score (nSPS) is 12.2. The summed E-state index contributed by atoms with van der Waals surface area (Å²) in [7, 11) is 0. The van der Waals surface area contributed by atoms with Crippen LogP contribution in [-0.4, -0.2) is 29.2 Å². The lowest BCUT2D eigenvalue weighted by Crippen LogP contribution is -2.23. The molecule has 1 rings (SSSR count). The quantitative estimate of drug-likeness (QED) is 0.758. The zero-order valence-electron chi connectivity index (χ0n) is 10.5. The predicted molar refractivity (Wildman–Crippen MR) is 74.4 cm³/mol. The summed E-state index contributed by atoms with van der Waals surface area (Å²) in [4.78, 5) is 4.62. The molecule has 0 aliphatic heterocycles. The number of hydrogen-bond acceptors (Lipinski definition) is 4. The predicted octanol–water partition coefficient (Wildman–Crippen LogP) is 1.86. The fraction of sp³-hybridized carbons (Fsp3) is 0.500. The molecular weight excluding hydrogens is 234 g/mol. The SMILES string of the molecule is CCOC(C)CNc1nccc(C)c1C(N)=S. The van der Waals surface area contributed by atoms with Crippen molar-refractivity contribution < 1.29 is 4.74 Å². The molecule has 0 aliphatic rings. The van der Waals surface area contributed by atoms with Crippen LogP contribution in [0.2, 0.25) is 0 Å². The fourth-order valence-electron chi connectivity index (χ4n) is 1.59. The van der Waals surface area contributed by atoms with Crippen molar-refractivity contribution in [2.75, 3.05) is 18.5 Å². The van der Waals surface area contributed by atoms with E-state index in [0.717, 1.165) is 16.9 Å². The minimum atomic E-state index is 0.126. The molecule has 0 fully saturated rings. The first-order chi connectivity index (χ1) is 8.06. The molecule has 1 aromatic heterocycles. The molecule has 0 saturated carbocycles. The Balaban J connectivity index is 2.77. The summed E-state index contributed by atoms with van der Waals surface area (Å²) in [6.45, 7) is 7.33. The molecule has 4 nitrogen and oxygen atoms in total. The van der Waals surface area contributed by atoms with Gasteiger partial charge in [-0.1, -0.05) is 12.2 Å². The molecule has 0 radical (unpaired) electrons. The van der Waals surface area contributed by atoms with E-state index < -0.39 is 0 Å². The molecular formula is C12H19N3OS. The van der Waals surface area contributed by atoms with Gasteiger partial charge in [-0.2, -0.15) is 0 Å². The summed E-state index contributed by atoms with van der Waals surface area (Å²) < 4.78 is 5.44. The van der Waals surface area contributed by atoms with E-state index in [9.17, 15) is 0 Å². The van der Waals surface area contributed by atoms with Crippen LogP contribution in [0.1, 0.15) is 25.0 Å². The molecule has 0 spiro atoms. The van der Waals surface area contributed by atoms with E-state index >= 15 is 0 Å². The molecule has 1 heterocycles. The van der Waals surface area contributed by atoms with Gasteiger partial charge < -0.3 is 15.8 Å². The Bertz CT molecular complexity index is 395. The number of aryl methyl sites for hydroxylation is 1. The molecule has 1 unspecified atom stereocenters. The average Bonchev–Trinajstić information content (AvgIpc) is 2.26. The standard InChI is InChI=1S/C12H19N3OS/c1-4-16-9(3)7-15-12-10(11(13)17)8(2)5-6-14-12/h5-6,9H,4,7H2,1-3H3,(H2,13,17)(H,14,15). The number of ether oxygens (including phenoxy) is 1. The number of nitrogens with zero attached hydrogens (tertiary/aromatic N) is 1. The van der Waals surface area contributed by atoms with Crippen LogP contribution >= 0.6 is 12.2 Å². The van der Waals surface area contributed by atoms with E-state index in [4.69, 9.17) is 22.7 Å². The number of nitrogens with one attached hydrogen (secondary N) is 1. The van der Waals surface area contributed by atoms with Crippen molar-refractivity contribution in [3.63, 3.8) is 0 Å². The Hall–Kier alpha value is -1.20. The number of rotatable bonds is 6. The Labute approximate surface area is 108 Å². The van der Waals surface area contributed by atoms with Gasteiger partial charge in [-0.25, -0.2) is 4.98 Å². The maximum Gasteiger partial charge on any atom is 0.136 e. The third-order valence-corrected chi connectivity index (χ3v) is 2.62. The lowest BCUT2D eigenvalue weighted by atomic mass is 10.1. The van der Waals surface area contributed by atoms with E-state index in [-0.39, 0.29) is 6.10 Å². The second-order valence-corrected chi connectivity index (χ2v) is 4.30. The molecule has 0 saturated heterocycles. The van der Waals surface area contributed by atoms with Crippen molar-refractivity contribution in [1.29, 1.82) is 0 Å². The Morgan fingerprint density at radius 2 is 2.35 bits per heavy atom. The van der Waals surface area contributed by atoms with Gasteiger partial charge in [0.2, 0.25) is 0 Å². The van der Waals surface area contributed by atoms with Crippen LogP contribution in [0, 0.1) is 6.92 Å². The number of hydrogen-bond donors (Lipinski definition) is 2. The summed E-state index contributed by atoms with van der Waals surface area (Å²) in [5.74, 6) is 0.726. The smallest absolute Gasteiger partial charge is 0.136 e. The van der Waals surface area contributed by atoms with E-state index in [2.05, 4.69) is 10.3 Å². The second-order valence-electron chi connectivity index (χ2n) is 3.86. The largest absolute Gasteiger partial charge is 0.389 e.